The second kappa shape index (κ2) is 6.13. The van der Waals surface area contributed by atoms with Crippen LogP contribution in [0, 0.1) is 0 Å². The van der Waals surface area contributed by atoms with E-state index in [1.165, 1.54) is 25.7 Å². The third-order valence-electron chi connectivity index (χ3n) is 1.86. The zero-order valence-corrected chi connectivity index (χ0v) is 6.96. The van der Waals surface area contributed by atoms with Crippen molar-refractivity contribution in [2.45, 2.75) is 38.5 Å². The molecule has 0 saturated carbocycles. The van der Waals surface area contributed by atoms with Crippen LogP contribution in [0.15, 0.2) is 10.4 Å². The van der Waals surface area contributed by atoms with Crippen molar-refractivity contribution in [3.63, 3.8) is 0 Å². The van der Waals surface area contributed by atoms with Crippen molar-refractivity contribution in [2.24, 2.45) is 10.4 Å². The van der Waals surface area contributed by atoms with Crippen molar-refractivity contribution in [1.29, 1.82) is 0 Å². The summed E-state index contributed by atoms with van der Waals surface area (Å²) in [6, 6.07) is 0. The maximum Gasteiger partial charge on any atom is 0.119 e. The Kier molecular flexibility index (Phi) is 4.74. The summed E-state index contributed by atoms with van der Waals surface area (Å²) < 4.78 is 0. The number of nitrogens with zero attached hydrogens (tertiary/aromatic N) is 2. The van der Waals surface area contributed by atoms with Gasteiger partial charge in [0.05, 0.1) is 6.54 Å². The van der Waals surface area contributed by atoms with E-state index in [4.69, 9.17) is 4.84 Å². The quantitative estimate of drug-likeness (QED) is 0.531. The van der Waals surface area contributed by atoms with Crippen LogP contribution in [0.5, 0.6) is 0 Å². The van der Waals surface area contributed by atoms with E-state index in [-0.39, 0.29) is 0 Å². The van der Waals surface area contributed by atoms with Crippen LogP contribution < -0.4 is 0 Å². The fraction of sp³-hybridized carbons (Fsp3) is 1.00. The van der Waals surface area contributed by atoms with Crippen LogP contribution in [0.1, 0.15) is 38.5 Å². The molecular formula is C8H16N2O. The van der Waals surface area contributed by atoms with E-state index in [0.29, 0.717) is 0 Å². The Balaban J connectivity index is 2.11. The predicted molar refractivity (Wildman–Crippen MR) is 43.4 cm³/mol. The Hall–Kier alpha value is -0.600. The van der Waals surface area contributed by atoms with Gasteiger partial charge in [0, 0.05) is 5.28 Å². The molecule has 1 aliphatic heterocycles. The molecule has 0 N–H and O–H groups in total. The zero-order chi connectivity index (χ0) is 7.78. The van der Waals surface area contributed by atoms with Gasteiger partial charge in [0.15, 0.2) is 0 Å². The molecule has 0 spiro atoms. The maximum absolute atomic E-state index is 4.92. The zero-order valence-electron chi connectivity index (χ0n) is 6.96. The van der Waals surface area contributed by atoms with Crippen molar-refractivity contribution >= 4 is 0 Å². The molecule has 0 aromatic heterocycles. The van der Waals surface area contributed by atoms with Crippen LogP contribution in [0.3, 0.4) is 0 Å². The highest BCUT2D eigenvalue weighted by atomic mass is 16.6. The summed E-state index contributed by atoms with van der Waals surface area (Å²) in [7, 11) is 0. The Morgan fingerprint density at radius 3 is 2.45 bits per heavy atom. The third-order valence-corrected chi connectivity index (χ3v) is 1.86. The summed E-state index contributed by atoms with van der Waals surface area (Å²) in [6.45, 7) is 1.57. The van der Waals surface area contributed by atoms with Crippen molar-refractivity contribution in [3.8, 4) is 0 Å². The molecule has 64 valence electrons. The van der Waals surface area contributed by atoms with Gasteiger partial charge in [-0.3, -0.25) is 0 Å². The molecule has 0 radical (unpaired) electrons. The lowest BCUT2D eigenvalue weighted by atomic mass is 10.1. The van der Waals surface area contributed by atoms with E-state index in [1.54, 1.807) is 0 Å². The number of rotatable bonds is 0. The SMILES string of the molecule is C1CCCCO/N=N\CCC1. The Morgan fingerprint density at radius 2 is 1.55 bits per heavy atom. The Labute approximate surface area is 67.8 Å². The molecule has 1 aliphatic rings. The molecule has 1 rings (SSSR count). The molecule has 1 heterocycles. The van der Waals surface area contributed by atoms with E-state index in [2.05, 4.69) is 10.4 Å². The molecule has 0 fully saturated rings. The van der Waals surface area contributed by atoms with Gasteiger partial charge in [0.2, 0.25) is 0 Å². The minimum Gasteiger partial charge on any atom is -0.380 e. The minimum atomic E-state index is 0.740. The fourth-order valence-corrected chi connectivity index (χ4v) is 1.18. The van der Waals surface area contributed by atoms with Gasteiger partial charge in [-0.2, -0.15) is 5.11 Å². The molecule has 0 aromatic rings. The standard InChI is InChI=1S/C8H16N2O/c1-2-4-6-8-11-10-9-7-5-3-1/h1-8H2/b10-9-. The van der Waals surface area contributed by atoms with Gasteiger partial charge in [-0.1, -0.05) is 19.3 Å². The monoisotopic (exact) mass is 156 g/mol. The highest BCUT2D eigenvalue weighted by molar-refractivity contribution is 4.47. The van der Waals surface area contributed by atoms with E-state index < -0.39 is 0 Å². The van der Waals surface area contributed by atoms with Crippen LogP contribution in [-0.4, -0.2) is 13.2 Å². The summed E-state index contributed by atoms with van der Waals surface area (Å²) in [6.07, 6.45) is 7.53. The molecular weight excluding hydrogens is 140 g/mol. The molecule has 0 bridgehead atoms. The fourth-order valence-electron chi connectivity index (χ4n) is 1.18. The number of hydrogen-bond donors (Lipinski definition) is 0. The predicted octanol–water partition coefficient (Wildman–Crippen LogP) is 2.72. The van der Waals surface area contributed by atoms with Gasteiger partial charge in [-0.25, -0.2) is 0 Å². The molecule has 0 aromatic carbocycles. The first-order valence-electron chi connectivity index (χ1n) is 4.49. The first-order valence-corrected chi connectivity index (χ1v) is 4.49. The highest BCUT2D eigenvalue weighted by Crippen LogP contribution is 2.06. The molecule has 0 saturated heterocycles. The largest absolute Gasteiger partial charge is 0.380 e. The molecule has 3 heteroatoms. The van der Waals surface area contributed by atoms with Crippen molar-refractivity contribution < 1.29 is 4.84 Å². The van der Waals surface area contributed by atoms with E-state index in [0.717, 1.165) is 26.0 Å². The van der Waals surface area contributed by atoms with Crippen molar-refractivity contribution in [2.75, 3.05) is 13.2 Å². The topological polar surface area (TPSA) is 34.0 Å². The van der Waals surface area contributed by atoms with E-state index >= 15 is 0 Å². The van der Waals surface area contributed by atoms with Crippen LogP contribution in [0.25, 0.3) is 0 Å². The van der Waals surface area contributed by atoms with Gasteiger partial charge >= 0.3 is 0 Å². The van der Waals surface area contributed by atoms with Gasteiger partial charge in [0.1, 0.15) is 6.61 Å². The molecule has 0 atom stereocenters. The smallest absolute Gasteiger partial charge is 0.119 e. The molecule has 0 aliphatic carbocycles. The molecule has 0 amide bonds. The Morgan fingerprint density at radius 1 is 0.818 bits per heavy atom. The van der Waals surface area contributed by atoms with E-state index in [1.807, 2.05) is 0 Å². The Bertz CT molecular complexity index is 103. The normalized spacial score (nSPS) is 24.7. The summed E-state index contributed by atoms with van der Waals surface area (Å²) >= 11 is 0. The van der Waals surface area contributed by atoms with Gasteiger partial charge < -0.3 is 4.84 Å². The molecule has 3 nitrogen and oxygen atoms in total. The lowest BCUT2D eigenvalue weighted by molar-refractivity contribution is 0.118. The summed E-state index contributed by atoms with van der Waals surface area (Å²) in [5.41, 5.74) is 0. The average Bonchev–Trinajstić information content (AvgIpc) is 2.08. The van der Waals surface area contributed by atoms with Crippen molar-refractivity contribution in [3.05, 3.63) is 0 Å². The van der Waals surface area contributed by atoms with Crippen LogP contribution in [-0.2, 0) is 4.84 Å². The van der Waals surface area contributed by atoms with Gasteiger partial charge in [-0.05, 0) is 19.3 Å². The van der Waals surface area contributed by atoms with E-state index in [9.17, 15) is 0 Å². The van der Waals surface area contributed by atoms with Crippen LogP contribution in [0.4, 0.5) is 0 Å². The average molecular weight is 156 g/mol. The van der Waals surface area contributed by atoms with Crippen molar-refractivity contribution in [1.82, 2.24) is 0 Å². The van der Waals surface area contributed by atoms with Crippen LogP contribution >= 0.6 is 0 Å². The summed E-state index contributed by atoms with van der Waals surface area (Å²) in [5.74, 6) is 0. The number of hydrogen-bond acceptors (Lipinski definition) is 3. The lowest BCUT2D eigenvalue weighted by Gasteiger charge is -1.97. The maximum atomic E-state index is 4.92. The molecule has 0 unspecified atom stereocenters. The van der Waals surface area contributed by atoms with Gasteiger partial charge in [0.25, 0.3) is 0 Å². The third kappa shape index (κ3) is 4.76. The first kappa shape index (κ1) is 8.50. The highest BCUT2D eigenvalue weighted by Gasteiger charge is 1.93. The summed E-state index contributed by atoms with van der Waals surface area (Å²) in [4.78, 5) is 4.92. The minimum absolute atomic E-state index is 0.740. The second-order valence-corrected chi connectivity index (χ2v) is 2.90. The van der Waals surface area contributed by atoms with Crippen LogP contribution in [0.2, 0.25) is 0 Å². The summed E-state index contributed by atoms with van der Waals surface area (Å²) in [5, 5.41) is 7.48. The van der Waals surface area contributed by atoms with Gasteiger partial charge in [-0.15, -0.1) is 0 Å². The molecule has 11 heavy (non-hydrogen) atoms. The lowest BCUT2D eigenvalue weighted by Crippen LogP contribution is -1.86. The second-order valence-electron chi connectivity index (χ2n) is 2.90. The first-order chi connectivity index (χ1) is 5.50.